The summed E-state index contributed by atoms with van der Waals surface area (Å²) in [5, 5.41) is 3.02. The summed E-state index contributed by atoms with van der Waals surface area (Å²) in [5.41, 5.74) is 1.93. The Kier molecular flexibility index (Phi) is 19.0. The van der Waals surface area contributed by atoms with Gasteiger partial charge in [-0.15, -0.1) is 0 Å². The summed E-state index contributed by atoms with van der Waals surface area (Å²) in [6, 6.07) is 9.82. The number of benzene rings is 1. The molecule has 0 fully saturated rings. The maximum absolute atomic E-state index is 12.6. The number of amides is 1. The van der Waals surface area contributed by atoms with Gasteiger partial charge >= 0.3 is 0 Å². The Morgan fingerprint density at radius 1 is 0.865 bits per heavy atom. The Balaban J connectivity index is 0.00000684. The van der Waals surface area contributed by atoms with Crippen LogP contribution in [0.2, 0.25) is 0 Å². The van der Waals surface area contributed by atoms with E-state index in [4.69, 9.17) is 9.47 Å². The molecule has 6 heteroatoms. The summed E-state index contributed by atoms with van der Waals surface area (Å²) in [6.45, 7) is 6.47. The Morgan fingerprint density at radius 3 is 2.14 bits per heavy atom. The normalized spacial score (nSPS) is 10.6. The minimum absolute atomic E-state index is 0. The van der Waals surface area contributed by atoms with Gasteiger partial charge in [0.15, 0.2) is 23.9 Å². The summed E-state index contributed by atoms with van der Waals surface area (Å²) in [7, 11) is 1.64. The zero-order chi connectivity index (χ0) is 25.8. The van der Waals surface area contributed by atoms with Gasteiger partial charge in [0.1, 0.15) is 6.54 Å². The van der Waals surface area contributed by atoms with Crippen molar-refractivity contribution in [1.29, 1.82) is 0 Å². The average Bonchev–Trinajstić information content (AvgIpc) is 2.90. The molecule has 1 aromatic heterocycles. The van der Waals surface area contributed by atoms with E-state index in [0.717, 1.165) is 29.8 Å². The molecule has 0 saturated carbocycles. The van der Waals surface area contributed by atoms with Crippen LogP contribution in [0.4, 0.5) is 0 Å². The number of nitrogens with zero attached hydrogens (tertiary/aromatic N) is 1. The summed E-state index contributed by atoms with van der Waals surface area (Å²) >= 11 is 0. The van der Waals surface area contributed by atoms with Crippen molar-refractivity contribution in [3.05, 3.63) is 53.9 Å². The number of nitrogens with one attached hydrogen (secondary N) is 1. The number of hydrogen-bond donors (Lipinski definition) is 1. The van der Waals surface area contributed by atoms with Crippen molar-refractivity contribution in [1.82, 2.24) is 5.32 Å². The van der Waals surface area contributed by atoms with Crippen LogP contribution in [0.15, 0.2) is 42.7 Å². The minimum atomic E-state index is -0.0293. The molecule has 0 aliphatic carbocycles. The molecule has 37 heavy (non-hydrogen) atoms. The SMILES string of the molecule is CCCCCCCCCCCCCCOc1cccc(CC(=O)NCc2ccc[n+](CC)c2)c1OC.[I-]. The maximum Gasteiger partial charge on any atom is 0.224 e. The summed E-state index contributed by atoms with van der Waals surface area (Å²) < 4.78 is 13.8. The van der Waals surface area contributed by atoms with Gasteiger partial charge in [-0.25, -0.2) is 4.57 Å². The van der Waals surface area contributed by atoms with Gasteiger partial charge in [0.2, 0.25) is 5.91 Å². The monoisotopic (exact) mass is 624 g/mol. The Morgan fingerprint density at radius 2 is 1.51 bits per heavy atom. The first-order chi connectivity index (χ1) is 17.7. The molecule has 2 rings (SSSR count). The van der Waals surface area contributed by atoms with Gasteiger partial charge in [-0.1, -0.05) is 89.7 Å². The predicted molar refractivity (Wildman–Crippen MR) is 147 cm³/mol. The summed E-state index contributed by atoms with van der Waals surface area (Å²) in [6.07, 6.45) is 20.3. The number of halogens is 1. The fourth-order valence-electron chi connectivity index (χ4n) is 4.48. The third-order valence-corrected chi connectivity index (χ3v) is 6.65. The van der Waals surface area contributed by atoms with E-state index in [2.05, 4.69) is 29.9 Å². The van der Waals surface area contributed by atoms with Gasteiger partial charge in [0.25, 0.3) is 0 Å². The van der Waals surface area contributed by atoms with Crippen LogP contribution < -0.4 is 43.3 Å². The van der Waals surface area contributed by atoms with Crippen molar-refractivity contribution < 1.29 is 42.8 Å². The van der Waals surface area contributed by atoms with Crippen LogP contribution >= 0.6 is 0 Å². The molecule has 0 aliphatic rings. The number of aromatic nitrogens is 1. The number of unbranched alkanes of at least 4 members (excludes halogenated alkanes) is 11. The van der Waals surface area contributed by atoms with Gasteiger partial charge in [-0.05, 0) is 25.5 Å². The quantitative estimate of drug-likeness (QED) is 0.138. The topological polar surface area (TPSA) is 51.4 Å². The first-order valence-electron chi connectivity index (χ1n) is 14.2. The highest BCUT2D eigenvalue weighted by Gasteiger charge is 2.14. The van der Waals surface area contributed by atoms with Crippen molar-refractivity contribution in [3.63, 3.8) is 0 Å². The molecule has 0 unspecified atom stereocenters. The lowest BCUT2D eigenvalue weighted by Crippen LogP contribution is -3.00. The van der Waals surface area contributed by atoms with Gasteiger partial charge in [-0.2, -0.15) is 0 Å². The van der Waals surface area contributed by atoms with Crippen molar-refractivity contribution in [2.24, 2.45) is 0 Å². The summed E-state index contributed by atoms with van der Waals surface area (Å²) in [5.74, 6) is 1.35. The molecular weight excluding hydrogens is 575 g/mol. The third kappa shape index (κ3) is 14.0. The zero-order valence-electron chi connectivity index (χ0n) is 23.4. The Bertz CT molecular complexity index is 875. The number of pyridine rings is 1. The molecule has 208 valence electrons. The van der Waals surface area contributed by atoms with E-state index in [1.54, 1.807) is 7.11 Å². The van der Waals surface area contributed by atoms with E-state index >= 15 is 0 Å². The molecule has 5 nitrogen and oxygen atoms in total. The van der Waals surface area contributed by atoms with E-state index < -0.39 is 0 Å². The number of carbonyl (C=O) groups excluding carboxylic acids is 1. The number of hydrogen-bond acceptors (Lipinski definition) is 3. The van der Waals surface area contributed by atoms with Gasteiger partial charge < -0.3 is 38.8 Å². The van der Waals surface area contributed by atoms with Crippen molar-refractivity contribution in [3.8, 4) is 11.5 Å². The smallest absolute Gasteiger partial charge is 0.224 e. The number of rotatable bonds is 20. The van der Waals surface area contributed by atoms with E-state index in [-0.39, 0.29) is 36.3 Å². The first-order valence-corrected chi connectivity index (χ1v) is 14.2. The van der Waals surface area contributed by atoms with Crippen molar-refractivity contribution in [2.75, 3.05) is 13.7 Å². The second-order valence-electron chi connectivity index (χ2n) is 9.68. The van der Waals surface area contributed by atoms with E-state index in [1.807, 2.05) is 36.5 Å². The fourth-order valence-corrected chi connectivity index (χ4v) is 4.48. The molecule has 0 saturated heterocycles. The lowest BCUT2D eigenvalue weighted by atomic mass is 10.1. The van der Waals surface area contributed by atoms with Gasteiger partial charge in [-0.3, -0.25) is 4.79 Å². The molecule has 1 N–H and O–H groups in total. The highest BCUT2D eigenvalue weighted by molar-refractivity contribution is 5.79. The molecule has 0 bridgehead atoms. The average molecular weight is 625 g/mol. The number of aryl methyl sites for hydroxylation is 1. The Labute approximate surface area is 242 Å². The lowest BCUT2D eigenvalue weighted by Gasteiger charge is -2.14. The van der Waals surface area contributed by atoms with Crippen molar-refractivity contribution >= 4 is 5.91 Å². The number of methoxy groups -OCH3 is 1. The second-order valence-corrected chi connectivity index (χ2v) is 9.68. The molecule has 1 amide bonds. The van der Waals surface area contributed by atoms with Gasteiger partial charge in [0, 0.05) is 23.7 Å². The molecule has 0 spiro atoms. The van der Waals surface area contributed by atoms with E-state index in [9.17, 15) is 4.79 Å². The van der Waals surface area contributed by atoms with Crippen molar-refractivity contribution in [2.45, 2.75) is 110 Å². The molecule has 0 atom stereocenters. The van der Waals surface area contributed by atoms with E-state index in [0.29, 0.717) is 18.9 Å². The fraction of sp³-hybridized carbons (Fsp3) is 0.613. The molecule has 0 radical (unpaired) electrons. The van der Waals surface area contributed by atoms with Gasteiger partial charge in [0.05, 0.1) is 20.1 Å². The molecule has 1 heterocycles. The highest BCUT2D eigenvalue weighted by Crippen LogP contribution is 2.31. The molecule has 0 aliphatic heterocycles. The standard InChI is InChI=1S/C31H48N2O3.HI/c1-4-6-7-8-9-10-11-12-13-14-15-16-23-36-29-21-17-20-28(31(29)35-3)24-30(34)32-25-27-19-18-22-33(5-2)26-27;/h17-22,26H,4-16,23-25H2,1-3H3;1H. The lowest BCUT2D eigenvalue weighted by molar-refractivity contribution is -0.694. The number of carbonyl (C=O) groups is 1. The second kappa shape index (κ2) is 21.1. The molecular formula is C31H49IN2O3. The maximum atomic E-state index is 12.6. The van der Waals surface area contributed by atoms with E-state index in [1.165, 1.54) is 70.6 Å². The molecule has 1 aromatic carbocycles. The van der Waals surface area contributed by atoms with Crippen LogP contribution in [0.25, 0.3) is 0 Å². The third-order valence-electron chi connectivity index (χ3n) is 6.65. The van der Waals surface area contributed by atoms with Crippen LogP contribution in [-0.2, 0) is 24.3 Å². The Hall–Kier alpha value is -1.83. The number of para-hydroxylation sites is 1. The molecule has 2 aromatic rings. The van der Waals surface area contributed by atoms with Crippen LogP contribution in [0.3, 0.4) is 0 Å². The first kappa shape index (κ1) is 33.2. The largest absolute Gasteiger partial charge is 1.00 e. The minimum Gasteiger partial charge on any atom is -1.00 e. The van der Waals surface area contributed by atoms with Crippen LogP contribution in [0.5, 0.6) is 11.5 Å². The zero-order valence-corrected chi connectivity index (χ0v) is 25.6. The number of ether oxygens (including phenoxy) is 2. The highest BCUT2D eigenvalue weighted by atomic mass is 127. The summed E-state index contributed by atoms with van der Waals surface area (Å²) in [4.78, 5) is 12.6. The predicted octanol–water partition coefficient (Wildman–Crippen LogP) is 3.95. The van der Waals surface area contributed by atoms with Crippen LogP contribution in [0, 0.1) is 0 Å². The van der Waals surface area contributed by atoms with Crippen LogP contribution in [-0.4, -0.2) is 19.6 Å². The van der Waals surface area contributed by atoms with Crippen LogP contribution in [0.1, 0.15) is 102 Å².